The minimum atomic E-state index is -0.705. The Morgan fingerprint density at radius 1 is 1.60 bits per heavy atom. The number of anilines is 1. The van der Waals surface area contributed by atoms with Crippen molar-refractivity contribution in [2.75, 3.05) is 18.1 Å². The number of nitrogens with one attached hydrogen (secondary N) is 1. The van der Waals surface area contributed by atoms with Crippen molar-refractivity contribution in [3.63, 3.8) is 0 Å². The second kappa shape index (κ2) is 5.35. The Morgan fingerprint density at radius 3 is 2.93 bits per heavy atom. The van der Waals surface area contributed by atoms with E-state index in [2.05, 4.69) is 5.32 Å². The molecule has 0 radical (unpaired) electrons. The molecule has 0 aliphatic heterocycles. The van der Waals surface area contributed by atoms with Gasteiger partial charge in [-0.25, -0.2) is 0 Å². The van der Waals surface area contributed by atoms with Gasteiger partial charge in [-0.1, -0.05) is 6.07 Å². The number of thioether (sulfide) groups is 1. The van der Waals surface area contributed by atoms with Crippen molar-refractivity contribution in [1.82, 2.24) is 0 Å². The number of nitro groups is 1. The van der Waals surface area contributed by atoms with Crippen LogP contribution in [0.25, 0.3) is 0 Å². The predicted molar refractivity (Wildman–Crippen MR) is 58.7 cm³/mol. The highest BCUT2D eigenvalue weighted by Gasteiger charge is 2.09. The van der Waals surface area contributed by atoms with Crippen LogP contribution in [0.2, 0.25) is 0 Å². The highest BCUT2D eigenvalue weighted by atomic mass is 32.2. The van der Waals surface area contributed by atoms with Gasteiger partial charge < -0.3 is 5.32 Å². The molecule has 1 aromatic rings. The quantitative estimate of drug-likeness (QED) is 0.481. The first-order chi connectivity index (χ1) is 7.11. The van der Waals surface area contributed by atoms with Crippen LogP contribution in [-0.4, -0.2) is 23.6 Å². The van der Waals surface area contributed by atoms with E-state index in [0.717, 1.165) is 4.90 Å². The summed E-state index contributed by atoms with van der Waals surface area (Å²) in [5.74, 6) is -0.613. The van der Waals surface area contributed by atoms with Gasteiger partial charge in [0.2, 0.25) is 0 Å². The average Bonchev–Trinajstić information content (AvgIpc) is 2.16. The van der Waals surface area contributed by atoms with Gasteiger partial charge in [0.15, 0.2) is 0 Å². The number of carbonyl (C=O) groups excluding carboxylic acids is 1. The zero-order chi connectivity index (χ0) is 11.3. The normalized spacial score (nSPS) is 9.67. The van der Waals surface area contributed by atoms with Gasteiger partial charge in [0, 0.05) is 15.5 Å². The first kappa shape index (κ1) is 11.5. The molecular weight excluding hydrogens is 216 g/mol. The minimum Gasteiger partial charge on any atom is -0.320 e. The van der Waals surface area contributed by atoms with Gasteiger partial charge in [-0.2, -0.15) is 0 Å². The standard InChI is InChI=1S/C9H10N2O3S/c1-15-8-4-2-3-7(5-8)10-9(12)6-11(13)14/h2-5H,6H2,1H3,(H,10,12). The number of hydrogen-bond acceptors (Lipinski definition) is 4. The number of carbonyl (C=O) groups is 1. The second-order valence-electron chi connectivity index (χ2n) is 2.77. The van der Waals surface area contributed by atoms with Crippen LogP contribution in [0.5, 0.6) is 0 Å². The molecule has 0 aliphatic carbocycles. The van der Waals surface area contributed by atoms with E-state index in [1.165, 1.54) is 11.8 Å². The summed E-state index contributed by atoms with van der Waals surface area (Å²) < 4.78 is 0. The third kappa shape index (κ3) is 3.99. The van der Waals surface area contributed by atoms with Crippen LogP contribution in [0.15, 0.2) is 29.2 Å². The lowest BCUT2D eigenvalue weighted by atomic mass is 10.3. The largest absolute Gasteiger partial charge is 0.320 e. The highest BCUT2D eigenvalue weighted by molar-refractivity contribution is 7.98. The van der Waals surface area contributed by atoms with E-state index in [1.54, 1.807) is 18.2 Å². The summed E-state index contributed by atoms with van der Waals surface area (Å²) in [7, 11) is 0. The Morgan fingerprint density at radius 2 is 2.33 bits per heavy atom. The summed E-state index contributed by atoms with van der Waals surface area (Å²) >= 11 is 1.54. The molecule has 0 spiro atoms. The molecule has 0 saturated heterocycles. The summed E-state index contributed by atoms with van der Waals surface area (Å²) in [6, 6.07) is 7.14. The molecule has 0 atom stereocenters. The number of amides is 1. The first-order valence-electron chi connectivity index (χ1n) is 4.17. The van der Waals surface area contributed by atoms with Gasteiger partial charge >= 0.3 is 0 Å². The molecule has 0 bridgehead atoms. The van der Waals surface area contributed by atoms with Crippen molar-refractivity contribution in [3.05, 3.63) is 34.4 Å². The minimum absolute atomic E-state index is 0.578. The van der Waals surface area contributed by atoms with E-state index in [1.807, 2.05) is 12.3 Å². The van der Waals surface area contributed by atoms with Gasteiger partial charge in [0.05, 0.1) is 0 Å². The lowest BCUT2D eigenvalue weighted by Gasteiger charge is -2.03. The van der Waals surface area contributed by atoms with Crippen molar-refractivity contribution in [1.29, 1.82) is 0 Å². The number of benzene rings is 1. The number of nitrogens with zero attached hydrogens (tertiary/aromatic N) is 1. The third-order valence-electron chi connectivity index (χ3n) is 1.63. The molecule has 1 rings (SSSR count). The molecule has 0 heterocycles. The maximum Gasteiger partial charge on any atom is 0.296 e. The Bertz CT molecular complexity index is 381. The summed E-state index contributed by atoms with van der Waals surface area (Å²) in [4.78, 5) is 21.5. The molecule has 0 aliphatic rings. The summed E-state index contributed by atoms with van der Waals surface area (Å²) in [6.07, 6.45) is 1.91. The summed E-state index contributed by atoms with van der Waals surface area (Å²) in [5.41, 5.74) is 0.578. The fourth-order valence-electron chi connectivity index (χ4n) is 1.02. The monoisotopic (exact) mass is 226 g/mol. The third-order valence-corrected chi connectivity index (χ3v) is 2.35. The van der Waals surface area contributed by atoms with Crippen molar-refractivity contribution in [2.45, 2.75) is 4.90 Å². The lowest BCUT2D eigenvalue weighted by Crippen LogP contribution is -2.21. The van der Waals surface area contributed by atoms with E-state index < -0.39 is 17.4 Å². The van der Waals surface area contributed by atoms with E-state index in [4.69, 9.17) is 0 Å². The Labute approximate surface area is 91.0 Å². The van der Waals surface area contributed by atoms with Gasteiger partial charge in [0.25, 0.3) is 12.5 Å². The van der Waals surface area contributed by atoms with Crippen LogP contribution in [0, 0.1) is 10.1 Å². The molecule has 0 saturated carbocycles. The van der Waals surface area contributed by atoms with Crippen molar-refractivity contribution in [2.24, 2.45) is 0 Å². The van der Waals surface area contributed by atoms with Gasteiger partial charge in [0.1, 0.15) is 0 Å². The zero-order valence-electron chi connectivity index (χ0n) is 8.10. The smallest absolute Gasteiger partial charge is 0.296 e. The molecule has 1 aromatic carbocycles. The summed E-state index contributed by atoms with van der Waals surface area (Å²) in [5, 5.41) is 12.5. The van der Waals surface area contributed by atoms with Crippen LogP contribution >= 0.6 is 11.8 Å². The van der Waals surface area contributed by atoms with E-state index in [-0.39, 0.29) is 0 Å². The molecule has 1 amide bonds. The van der Waals surface area contributed by atoms with Crippen molar-refractivity contribution < 1.29 is 9.72 Å². The topological polar surface area (TPSA) is 72.2 Å². The van der Waals surface area contributed by atoms with Crippen LogP contribution in [-0.2, 0) is 4.79 Å². The van der Waals surface area contributed by atoms with Crippen LogP contribution < -0.4 is 5.32 Å². The average molecular weight is 226 g/mol. The SMILES string of the molecule is CSc1cccc(NC(=O)C[N+](=O)[O-])c1. The van der Waals surface area contributed by atoms with Gasteiger partial charge in [-0.15, -0.1) is 11.8 Å². The van der Waals surface area contributed by atoms with Gasteiger partial charge in [-0.05, 0) is 24.5 Å². The highest BCUT2D eigenvalue weighted by Crippen LogP contribution is 2.18. The predicted octanol–water partition coefficient (Wildman–Crippen LogP) is 1.62. The van der Waals surface area contributed by atoms with Gasteiger partial charge in [-0.3, -0.25) is 14.9 Å². The Balaban J connectivity index is 2.63. The molecule has 1 N–H and O–H groups in total. The fraction of sp³-hybridized carbons (Fsp3) is 0.222. The van der Waals surface area contributed by atoms with Crippen LogP contribution in [0.3, 0.4) is 0 Å². The molecule has 80 valence electrons. The molecule has 6 heteroatoms. The first-order valence-corrected chi connectivity index (χ1v) is 5.40. The van der Waals surface area contributed by atoms with Crippen LogP contribution in [0.4, 0.5) is 5.69 Å². The number of rotatable bonds is 4. The van der Waals surface area contributed by atoms with E-state index in [0.29, 0.717) is 5.69 Å². The molecule has 5 nitrogen and oxygen atoms in total. The molecule has 0 aromatic heterocycles. The molecule has 0 fully saturated rings. The van der Waals surface area contributed by atoms with Crippen molar-refractivity contribution in [3.8, 4) is 0 Å². The molecule has 15 heavy (non-hydrogen) atoms. The fourth-order valence-corrected chi connectivity index (χ4v) is 1.48. The molecular formula is C9H10N2O3S. The molecule has 0 unspecified atom stereocenters. The maximum atomic E-state index is 11.1. The lowest BCUT2D eigenvalue weighted by molar-refractivity contribution is -0.467. The maximum absolute atomic E-state index is 11.1. The van der Waals surface area contributed by atoms with Crippen LogP contribution in [0.1, 0.15) is 0 Å². The number of hydrogen-bond donors (Lipinski definition) is 1. The zero-order valence-corrected chi connectivity index (χ0v) is 8.91. The van der Waals surface area contributed by atoms with Crippen molar-refractivity contribution >= 4 is 23.4 Å². The Hall–Kier alpha value is -1.56. The summed E-state index contributed by atoms with van der Waals surface area (Å²) in [6.45, 7) is -0.705. The second-order valence-corrected chi connectivity index (χ2v) is 3.65. The van der Waals surface area contributed by atoms with E-state index >= 15 is 0 Å². The van der Waals surface area contributed by atoms with E-state index in [9.17, 15) is 14.9 Å². The Kier molecular flexibility index (Phi) is 4.11.